The third-order valence-corrected chi connectivity index (χ3v) is 2.78. The van der Waals surface area contributed by atoms with Crippen LogP contribution in [-0.2, 0) is 7.05 Å². The van der Waals surface area contributed by atoms with Gasteiger partial charge in [-0.05, 0) is 37.1 Å². The molecule has 2 aromatic rings. The standard InChI is InChI=1S/C14H19N3O/c1-10-4-11(2)6-13(5-10)18-14(7-15)12-8-16-17(3)9-12/h4-6,8-9,14H,7,15H2,1-3H3. The first-order valence-electron chi connectivity index (χ1n) is 6.02. The molecule has 0 fully saturated rings. The minimum absolute atomic E-state index is 0.153. The van der Waals surface area contributed by atoms with Gasteiger partial charge < -0.3 is 10.5 Å². The molecule has 4 heteroatoms. The quantitative estimate of drug-likeness (QED) is 0.897. The molecule has 1 heterocycles. The molecule has 4 nitrogen and oxygen atoms in total. The summed E-state index contributed by atoms with van der Waals surface area (Å²) in [6.45, 7) is 4.54. The number of aromatic nitrogens is 2. The molecule has 1 atom stereocenters. The van der Waals surface area contributed by atoms with Crippen molar-refractivity contribution in [3.63, 3.8) is 0 Å². The van der Waals surface area contributed by atoms with Crippen LogP contribution in [0.5, 0.6) is 5.75 Å². The van der Waals surface area contributed by atoms with Crippen molar-refractivity contribution >= 4 is 0 Å². The lowest BCUT2D eigenvalue weighted by Crippen LogP contribution is -2.18. The average Bonchev–Trinajstić information content (AvgIpc) is 2.71. The summed E-state index contributed by atoms with van der Waals surface area (Å²) in [7, 11) is 1.88. The molecule has 0 bridgehead atoms. The molecule has 1 unspecified atom stereocenters. The first-order chi connectivity index (χ1) is 8.58. The highest BCUT2D eigenvalue weighted by molar-refractivity contribution is 5.33. The van der Waals surface area contributed by atoms with Crippen molar-refractivity contribution in [1.82, 2.24) is 9.78 Å². The first-order valence-corrected chi connectivity index (χ1v) is 6.02. The van der Waals surface area contributed by atoms with E-state index in [1.165, 1.54) is 11.1 Å². The second-order valence-electron chi connectivity index (χ2n) is 4.61. The number of hydrogen-bond donors (Lipinski definition) is 1. The van der Waals surface area contributed by atoms with Crippen LogP contribution >= 0.6 is 0 Å². The zero-order valence-electron chi connectivity index (χ0n) is 11.1. The highest BCUT2D eigenvalue weighted by Gasteiger charge is 2.13. The zero-order valence-corrected chi connectivity index (χ0v) is 11.1. The van der Waals surface area contributed by atoms with Gasteiger partial charge >= 0.3 is 0 Å². The van der Waals surface area contributed by atoms with Crippen LogP contribution in [0.25, 0.3) is 0 Å². The Morgan fingerprint density at radius 1 is 1.28 bits per heavy atom. The molecule has 0 radical (unpaired) electrons. The Hall–Kier alpha value is -1.81. The third kappa shape index (κ3) is 2.90. The van der Waals surface area contributed by atoms with E-state index >= 15 is 0 Å². The lowest BCUT2D eigenvalue weighted by Gasteiger charge is -2.16. The van der Waals surface area contributed by atoms with E-state index in [2.05, 4.69) is 25.0 Å². The number of hydrogen-bond acceptors (Lipinski definition) is 3. The molecule has 2 rings (SSSR count). The van der Waals surface area contributed by atoms with Crippen molar-refractivity contribution in [3.05, 3.63) is 47.3 Å². The smallest absolute Gasteiger partial charge is 0.139 e. The van der Waals surface area contributed by atoms with Gasteiger partial charge in [-0.15, -0.1) is 0 Å². The number of nitrogens with two attached hydrogens (primary N) is 1. The van der Waals surface area contributed by atoms with Crippen LogP contribution in [0.1, 0.15) is 22.8 Å². The molecular weight excluding hydrogens is 226 g/mol. The van der Waals surface area contributed by atoms with E-state index in [-0.39, 0.29) is 6.10 Å². The summed E-state index contributed by atoms with van der Waals surface area (Å²) in [6, 6.07) is 6.16. The molecule has 18 heavy (non-hydrogen) atoms. The predicted molar refractivity (Wildman–Crippen MR) is 71.5 cm³/mol. The van der Waals surface area contributed by atoms with Gasteiger partial charge in [-0.25, -0.2) is 0 Å². The normalized spacial score (nSPS) is 12.4. The van der Waals surface area contributed by atoms with Crippen LogP contribution in [0.4, 0.5) is 0 Å². The van der Waals surface area contributed by atoms with E-state index in [4.69, 9.17) is 10.5 Å². The SMILES string of the molecule is Cc1cc(C)cc(OC(CN)c2cnn(C)c2)c1. The van der Waals surface area contributed by atoms with Crippen LogP contribution in [0.15, 0.2) is 30.6 Å². The largest absolute Gasteiger partial charge is 0.484 e. The summed E-state index contributed by atoms with van der Waals surface area (Å²) in [5, 5.41) is 4.14. The van der Waals surface area contributed by atoms with Crippen molar-refractivity contribution < 1.29 is 4.74 Å². The van der Waals surface area contributed by atoms with Crippen molar-refractivity contribution in [2.24, 2.45) is 12.8 Å². The molecular formula is C14H19N3O. The molecule has 0 aliphatic heterocycles. The second kappa shape index (κ2) is 5.23. The van der Waals surface area contributed by atoms with Gasteiger partial charge in [0.05, 0.1) is 6.20 Å². The van der Waals surface area contributed by atoms with Crippen molar-refractivity contribution in [2.45, 2.75) is 20.0 Å². The van der Waals surface area contributed by atoms with E-state index in [0.29, 0.717) is 6.54 Å². The molecule has 0 aliphatic rings. The fourth-order valence-electron chi connectivity index (χ4n) is 2.02. The van der Waals surface area contributed by atoms with Crippen LogP contribution < -0.4 is 10.5 Å². The Kier molecular flexibility index (Phi) is 3.67. The van der Waals surface area contributed by atoms with Gasteiger partial charge in [0.25, 0.3) is 0 Å². The lowest BCUT2D eigenvalue weighted by molar-refractivity contribution is 0.214. The monoisotopic (exact) mass is 245 g/mol. The molecule has 96 valence electrons. The third-order valence-electron chi connectivity index (χ3n) is 2.78. The zero-order chi connectivity index (χ0) is 13.1. The fraction of sp³-hybridized carbons (Fsp3) is 0.357. The van der Waals surface area contributed by atoms with Gasteiger partial charge in [-0.2, -0.15) is 5.10 Å². The summed E-state index contributed by atoms with van der Waals surface area (Å²) in [6.07, 6.45) is 3.57. The summed E-state index contributed by atoms with van der Waals surface area (Å²) in [5.74, 6) is 0.854. The van der Waals surface area contributed by atoms with Gasteiger partial charge in [-0.1, -0.05) is 6.07 Å². The molecule has 2 N–H and O–H groups in total. The van der Waals surface area contributed by atoms with Crippen LogP contribution in [-0.4, -0.2) is 16.3 Å². The second-order valence-corrected chi connectivity index (χ2v) is 4.61. The van der Waals surface area contributed by atoms with E-state index in [1.807, 2.05) is 25.4 Å². The van der Waals surface area contributed by atoms with Gasteiger partial charge in [0.1, 0.15) is 11.9 Å². The Morgan fingerprint density at radius 3 is 2.44 bits per heavy atom. The Morgan fingerprint density at radius 2 is 1.94 bits per heavy atom. The minimum Gasteiger partial charge on any atom is -0.484 e. The highest BCUT2D eigenvalue weighted by atomic mass is 16.5. The molecule has 0 saturated carbocycles. The fourth-order valence-corrected chi connectivity index (χ4v) is 2.02. The average molecular weight is 245 g/mol. The van der Waals surface area contributed by atoms with Crippen molar-refractivity contribution in [1.29, 1.82) is 0 Å². The van der Waals surface area contributed by atoms with E-state index in [9.17, 15) is 0 Å². The van der Waals surface area contributed by atoms with Crippen molar-refractivity contribution in [3.8, 4) is 5.75 Å². The number of ether oxygens (including phenoxy) is 1. The van der Waals surface area contributed by atoms with Crippen LogP contribution in [0.3, 0.4) is 0 Å². The number of benzene rings is 1. The number of aryl methyl sites for hydroxylation is 3. The lowest BCUT2D eigenvalue weighted by atomic mass is 10.1. The number of nitrogens with zero attached hydrogens (tertiary/aromatic N) is 2. The number of rotatable bonds is 4. The highest BCUT2D eigenvalue weighted by Crippen LogP contribution is 2.23. The first kappa shape index (κ1) is 12.6. The summed E-state index contributed by atoms with van der Waals surface area (Å²) in [5.41, 5.74) is 9.15. The van der Waals surface area contributed by atoms with E-state index < -0.39 is 0 Å². The van der Waals surface area contributed by atoms with E-state index in [0.717, 1.165) is 11.3 Å². The van der Waals surface area contributed by atoms with Crippen LogP contribution in [0.2, 0.25) is 0 Å². The van der Waals surface area contributed by atoms with E-state index in [1.54, 1.807) is 10.9 Å². The molecule has 0 aliphatic carbocycles. The van der Waals surface area contributed by atoms with Crippen LogP contribution in [0, 0.1) is 13.8 Å². The maximum absolute atomic E-state index is 5.95. The summed E-state index contributed by atoms with van der Waals surface area (Å²) < 4.78 is 7.70. The summed E-state index contributed by atoms with van der Waals surface area (Å²) in [4.78, 5) is 0. The predicted octanol–water partition coefficient (Wildman–Crippen LogP) is 2.12. The molecule has 0 amide bonds. The molecule has 1 aromatic carbocycles. The summed E-state index contributed by atoms with van der Waals surface area (Å²) >= 11 is 0. The van der Waals surface area contributed by atoms with Crippen molar-refractivity contribution in [2.75, 3.05) is 6.54 Å². The maximum Gasteiger partial charge on any atom is 0.139 e. The molecule has 0 saturated heterocycles. The minimum atomic E-state index is -0.153. The Labute approximate surface area is 107 Å². The van der Waals surface area contributed by atoms with Gasteiger partial charge in [0, 0.05) is 25.4 Å². The topological polar surface area (TPSA) is 53.1 Å². The Bertz CT molecular complexity index is 513. The van der Waals surface area contributed by atoms with Gasteiger partial charge in [0.2, 0.25) is 0 Å². The van der Waals surface area contributed by atoms with Gasteiger partial charge in [0.15, 0.2) is 0 Å². The maximum atomic E-state index is 5.95. The Balaban J connectivity index is 2.20. The molecule has 1 aromatic heterocycles. The molecule has 0 spiro atoms. The van der Waals surface area contributed by atoms with Gasteiger partial charge in [-0.3, -0.25) is 4.68 Å².